The molecule has 0 aromatic carbocycles. The van der Waals surface area contributed by atoms with E-state index in [1.165, 1.54) is 17.5 Å². The maximum absolute atomic E-state index is 12.9. The summed E-state index contributed by atoms with van der Waals surface area (Å²) in [6.45, 7) is 5.41. The standard InChI is InChI=1S/C18H23ClN4O3S/c1-18(2,3)26-17(25)23-12-5-4-10(6-12)15(23)16(24)22-11(8-20)7-14-21-9-13(19)27-14/h9-12,15H,4-7H2,1-3H3,(H,22,24)/t10-,11?,12+,15-/m0/s1. The lowest BCUT2D eigenvalue weighted by molar-refractivity contribution is -0.128. The molecule has 0 radical (unpaired) electrons. The summed E-state index contributed by atoms with van der Waals surface area (Å²) >= 11 is 7.16. The molecule has 2 amide bonds. The van der Waals surface area contributed by atoms with E-state index in [0.29, 0.717) is 9.34 Å². The first-order valence-corrected chi connectivity index (χ1v) is 10.2. The minimum Gasteiger partial charge on any atom is -0.444 e. The van der Waals surface area contributed by atoms with E-state index < -0.39 is 23.8 Å². The molecular formula is C18H23ClN4O3S. The Morgan fingerprint density at radius 3 is 2.85 bits per heavy atom. The molecule has 1 aromatic heterocycles. The molecule has 1 unspecified atom stereocenters. The van der Waals surface area contributed by atoms with Gasteiger partial charge in [0, 0.05) is 12.5 Å². The van der Waals surface area contributed by atoms with Gasteiger partial charge in [-0.25, -0.2) is 9.78 Å². The Kier molecular flexibility index (Phi) is 5.63. The van der Waals surface area contributed by atoms with Crippen molar-refractivity contribution in [2.75, 3.05) is 0 Å². The van der Waals surface area contributed by atoms with Crippen molar-refractivity contribution in [1.29, 1.82) is 5.26 Å². The lowest BCUT2D eigenvalue weighted by atomic mass is 9.97. The largest absolute Gasteiger partial charge is 0.444 e. The Morgan fingerprint density at radius 2 is 2.26 bits per heavy atom. The second-order valence-electron chi connectivity index (χ2n) is 8.01. The van der Waals surface area contributed by atoms with Gasteiger partial charge in [0.2, 0.25) is 5.91 Å². The van der Waals surface area contributed by atoms with Gasteiger partial charge in [-0.15, -0.1) is 11.3 Å². The summed E-state index contributed by atoms with van der Waals surface area (Å²) in [6.07, 6.45) is 3.94. The Bertz CT molecular complexity index is 769. The van der Waals surface area contributed by atoms with Gasteiger partial charge in [0.15, 0.2) is 0 Å². The van der Waals surface area contributed by atoms with Gasteiger partial charge in [-0.3, -0.25) is 9.69 Å². The van der Waals surface area contributed by atoms with E-state index in [9.17, 15) is 14.9 Å². The lowest BCUT2D eigenvalue weighted by Gasteiger charge is -2.35. The van der Waals surface area contributed by atoms with Gasteiger partial charge in [0.25, 0.3) is 0 Å². The number of aromatic nitrogens is 1. The number of nitrogens with zero attached hydrogens (tertiary/aromatic N) is 3. The predicted molar refractivity (Wildman–Crippen MR) is 101 cm³/mol. The van der Waals surface area contributed by atoms with E-state index in [4.69, 9.17) is 16.3 Å². The van der Waals surface area contributed by atoms with E-state index in [-0.39, 0.29) is 24.3 Å². The lowest BCUT2D eigenvalue weighted by Crippen LogP contribution is -2.55. The summed E-state index contributed by atoms with van der Waals surface area (Å²) < 4.78 is 6.04. The van der Waals surface area contributed by atoms with Crippen LogP contribution in [0.1, 0.15) is 45.0 Å². The molecule has 1 saturated carbocycles. The highest BCUT2D eigenvalue weighted by molar-refractivity contribution is 7.15. The van der Waals surface area contributed by atoms with E-state index in [1.54, 1.807) is 25.7 Å². The Hall–Kier alpha value is -1.85. The highest BCUT2D eigenvalue weighted by Gasteiger charge is 2.52. The number of amides is 2. The van der Waals surface area contributed by atoms with Gasteiger partial charge in [-0.1, -0.05) is 11.6 Å². The third kappa shape index (κ3) is 4.53. The quantitative estimate of drug-likeness (QED) is 0.822. The summed E-state index contributed by atoms with van der Waals surface area (Å²) in [5, 5.41) is 12.9. The van der Waals surface area contributed by atoms with E-state index in [0.717, 1.165) is 19.3 Å². The second kappa shape index (κ2) is 7.64. The van der Waals surface area contributed by atoms with Crippen molar-refractivity contribution in [2.45, 2.75) is 70.2 Å². The summed E-state index contributed by atoms with van der Waals surface area (Å²) in [7, 11) is 0. The average molecular weight is 411 g/mol. The topological polar surface area (TPSA) is 95.3 Å². The van der Waals surface area contributed by atoms with Crippen molar-refractivity contribution in [3.63, 3.8) is 0 Å². The Labute approximate surface area is 167 Å². The predicted octanol–water partition coefficient (Wildman–Crippen LogP) is 3.14. The summed E-state index contributed by atoms with van der Waals surface area (Å²) in [5.74, 6) is -0.196. The fraction of sp³-hybridized carbons (Fsp3) is 0.667. The van der Waals surface area contributed by atoms with Crippen molar-refractivity contribution < 1.29 is 14.3 Å². The molecule has 1 saturated heterocycles. The van der Waals surface area contributed by atoms with Crippen molar-refractivity contribution >= 4 is 34.9 Å². The van der Waals surface area contributed by atoms with Crippen molar-refractivity contribution in [1.82, 2.24) is 15.2 Å². The number of nitriles is 1. The minimum absolute atomic E-state index is 0.0268. The highest BCUT2D eigenvalue weighted by atomic mass is 35.5. The van der Waals surface area contributed by atoms with Crippen molar-refractivity contribution in [2.24, 2.45) is 5.92 Å². The molecule has 1 N–H and O–H groups in total. The third-order valence-electron chi connectivity index (χ3n) is 4.83. The number of hydrogen-bond acceptors (Lipinski definition) is 6. The van der Waals surface area contributed by atoms with Crippen LogP contribution in [0, 0.1) is 17.2 Å². The molecule has 9 heteroatoms. The van der Waals surface area contributed by atoms with Crippen LogP contribution in [0.25, 0.3) is 0 Å². The maximum Gasteiger partial charge on any atom is 0.411 e. The maximum atomic E-state index is 12.9. The van der Waals surface area contributed by atoms with Gasteiger partial charge in [0.1, 0.15) is 22.0 Å². The number of likely N-dealkylation sites (tertiary alicyclic amines) is 1. The summed E-state index contributed by atoms with van der Waals surface area (Å²) in [5.41, 5.74) is -0.626. The number of carbonyl (C=O) groups is 2. The Balaban J connectivity index is 1.69. The van der Waals surface area contributed by atoms with Crippen LogP contribution in [0.4, 0.5) is 4.79 Å². The van der Waals surface area contributed by atoms with Crippen LogP contribution in [-0.4, -0.2) is 45.6 Å². The van der Waals surface area contributed by atoms with Crippen LogP contribution in [-0.2, 0) is 16.0 Å². The zero-order chi connectivity index (χ0) is 19.8. The molecule has 0 spiro atoms. The first-order chi connectivity index (χ1) is 12.7. The molecule has 7 nitrogen and oxygen atoms in total. The molecule has 1 aliphatic heterocycles. The van der Waals surface area contributed by atoms with Crippen molar-refractivity contribution in [3.8, 4) is 6.07 Å². The zero-order valence-electron chi connectivity index (χ0n) is 15.6. The monoisotopic (exact) mass is 410 g/mol. The fourth-order valence-electron chi connectivity index (χ4n) is 3.85. The van der Waals surface area contributed by atoms with Crippen LogP contribution < -0.4 is 5.32 Å². The average Bonchev–Trinajstić information content (AvgIpc) is 3.27. The highest BCUT2D eigenvalue weighted by Crippen LogP contribution is 2.43. The molecule has 1 aromatic rings. The van der Waals surface area contributed by atoms with E-state index in [1.807, 2.05) is 0 Å². The van der Waals surface area contributed by atoms with Crippen LogP contribution >= 0.6 is 22.9 Å². The van der Waals surface area contributed by atoms with Gasteiger partial charge in [-0.2, -0.15) is 5.26 Å². The van der Waals surface area contributed by atoms with Gasteiger partial charge in [0.05, 0.1) is 17.3 Å². The number of piperidine rings is 1. The molecule has 1 aliphatic carbocycles. The van der Waals surface area contributed by atoms with Gasteiger partial charge < -0.3 is 10.1 Å². The second-order valence-corrected chi connectivity index (χ2v) is 9.76. The van der Waals surface area contributed by atoms with Gasteiger partial charge in [-0.05, 0) is 46.0 Å². The SMILES string of the molecule is CC(C)(C)OC(=O)N1[C@@H]2CC[C@@H](C2)[C@H]1C(=O)NC(C#N)Cc1ncc(Cl)s1. The number of halogens is 1. The zero-order valence-corrected chi connectivity index (χ0v) is 17.1. The number of rotatable bonds is 4. The number of thiazole rings is 1. The fourth-order valence-corrected chi connectivity index (χ4v) is 4.85. The smallest absolute Gasteiger partial charge is 0.411 e. The first kappa shape index (κ1) is 19.9. The normalized spacial score (nSPS) is 25.1. The van der Waals surface area contributed by atoms with Crippen LogP contribution in [0.15, 0.2) is 6.20 Å². The van der Waals surface area contributed by atoms with E-state index >= 15 is 0 Å². The summed E-state index contributed by atoms with van der Waals surface area (Å²) in [6, 6.07) is 0.813. The molecule has 146 valence electrons. The number of carbonyl (C=O) groups excluding carboxylic acids is 2. The number of ether oxygens (including phenoxy) is 1. The van der Waals surface area contributed by atoms with Crippen LogP contribution in [0.3, 0.4) is 0 Å². The molecular weight excluding hydrogens is 388 g/mol. The van der Waals surface area contributed by atoms with Crippen LogP contribution in [0.2, 0.25) is 4.34 Å². The number of hydrogen-bond donors (Lipinski definition) is 1. The van der Waals surface area contributed by atoms with Crippen LogP contribution in [0.5, 0.6) is 0 Å². The van der Waals surface area contributed by atoms with E-state index in [2.05, 4.69) is 16.4 Å². The molecule has 3 rings (SSSR count). The molecule has 2 heterocycles. The number of nitrogens with one attached hydrogen (secondary N) is 1. The number of fused-ring (bicyclic) bond motifs is 2. The minimum atomic E-state index is -0.723. The molecule has 2 aliphatic rings. The molecule has 4 atom stereocenters. The first-order valence-electron chi connectivity index (χ1n) is 8.99. The van der Waals surface area contributed by atoms with Crippen molar-refractivity contribution in [3.05, 3.63) is 15.5 Å². The molecule has 27 heavy (non-hydrogen) atoms. The third-order valence-corrected chi connectivity index (χ3v) is 5.97. The Morgan fingerprint density at radius 1 is 1.52 bits per heavy atom. The summed E-state index contributed by atoms with van der Waals surface area (Å²) in [4.78, 5) is 31.3. The molecule has 2 fully saturated rings. The van der Waals surface area contributed by atoms with Gasteiger partial charge >= 0.3 is 6.09 Å². The molecule has 2 bridgehead atoms.